The minimum atomic E-state index is -0.471. The summed E-state index contributed by atoms with van der Waals surface area (Å²) < 4.78 is 0.816. The third kappa shape index (κ3) is 2.93. The molecule has 1 aromatic heterocycles. The number of hydrogen-bond donors (Lipinski definition) is 2. The molecule has 0 aromatic carbocycles. The smallest absolute Gasteiger partial charge is 0.271 e. The number of aromatic nitrogens is 1. The number of nitrogens with zero attached hydrogens (tertiary/aromatic N) is 1. The quantitative estimate of drug-likeness (QED) is 0.886. The van der Waals surface area contributed by atoms with Crippen LogP contribution < -0.4 is 5.73 Å². The molecule has 1 saturated carbocycles. The number of rotatable bonds is 4. The number of aromatic amines is 1. The molecule has 0 bridgehead atoms. The third-order valence-corrected chi connectivity index (χ3v) is 3.69. The maximum Gasteiger partial charge on any atom is 0.271 e. The van der Waals surface area contributed by atoms with Gasteiger partial charge in [-0.3, -0.25) is 9.59 Å². The number of halogens is 1. The Morgan fingerprint density at radius 1 is 1.44 bits per heavy atom. The Kier molecular flexibility index (Phi) is 4.06. The SMILES string of the molecule is NC(=O)CN(C(=O)c1cc(Br)c[nH]1)C1CCCC1. The maximum absolute atomic E-state index is 12.3. The van der Waals surface area contributed by atoms with Crippen LogP contribution in [0.15, 0.2) is 16.7 Å². The second kappa shape index (κ2) is 5.56. The van der Waals surface area contributed by atoms with Crippen LogP contribution in [0.3, 0.4) is 0 Å². The van der Waals surface area contributed by atoms with Crippen molar-refractivity contribution in [3.63, 3.8) is 0 Å². The second-order valence-corrected chi connectivity index (χ2v) is 5.48. The summed E-state index contributed by atoms with van der Waals surface area (Å²) >= 11 is 3.29. The van der Waals surface area contributed by atoms with Gasteiger partial charge in [0.25, 0.3) is 5.91 Å². The molecule has 98 valence electrons. The lowest BCUT2D eigenvalue weighted by atomic mass is 10.2. The van der Waals surface area contributed by atoms with Crippen LogP contribution in [-0.4, -0.2) is 34.3 Å². The number of carbonyl (C=O) groups excluding carboxylic acids is 2. The van der Waals surface area contributed by atoms with Gasteiger partial charge in [-0.05, 0) is 34.8 Å². The summed E-state index contributed by atoms with van der Waals surface area (Å²) in [7, 11) is 0. The first kappa shape index (κ1) is 13.1. The number of hydrogen-bond acceptors (Lipinski definition) is 2. The molecule has 6 heteroatoms. The average Bonchev–Trinajstić information content (AvgIpc) is 2.95. The van der Waals surface area contributed by atoms with Gasteiger partial charge in [0.05, 0.1) is 6.54 Å². The van der Waals surface area contributed by atoms with Crippen LogP contribution in [-0.2, 0) is 4.79 Å². The van der Waals surface area contributed by atoms with E-state index in [9.17, 15) is 9.59 Å². The minimum absolute atomic E-state index is 0.0138. The number of nitrogens with one attached hydrogen (secondary N) is 1. The monoisotopic (exact) mass is 313 g/mol. The van der Waals surface area contributed by atoms with Gasteiger partial charge in [0.1, 0.15) is 5.69 Å². The van der Waals surface area contributed by atoms with E-state index in [1.54, 1.807) is 17.2 Å². The Balaban J connectivity index is 2.17. The van der Waals surface area contributed by atoms with Crippen LogP contribution in [0.5, 0.6) is 0 Å². The Morgan fingerprint density at radius 3 is 2.61 bits per heavy atom. The number of H-pyrrole nitrogens is 1. The molecule has 0 atom stereocenters. The van der Waals surface area contributed by atoms with Crippen molar-refractivity contribution < 1.29 is 9.59 Å². The zero-order valence-corrected chi connectivity index (χ0v) is 11.6. The summed E-state index contributed by atoms with van der Waals surface area (Å²) in [6.07, 6.45) is 5.79. The molecule has 0 aliphatic heterocycles. The zero-order valence-electron chi connectivity index (χ0n) is 9.99. The van der Waals surface area contributed by atoms with Gasteiger partial charge < -0.3 is 15.6 Å². The molecule has 1 heterocycles. The van der Waals surface area contributed by atoms with Gasteiger partial charge in [0, 0.05) is 16.7 Å². The van der Waals surface area contributed by atoms with Gasteiger partial charge in [0.2, 0.25) is 5.91 Å². The standard InChI is InChI=1S/C12H16BrN3O2/c13-8-5-10(15-6-8)12(18)16(7-11(14)17)9-3-1-2-4-9/h5-6,9,15H,1-4,7H2,(H2,14,17). The zero-order chi connectivity index (χ0) is 13.1. The van der Waals surface area contributed by atoms with Crippen molar-refractivity contribution in [2.45, 2.75) is 31.7 Å². The average molecular weight is 314 g/mol. The molecular formula is C12H16BrN3O2. The van der Waals surface area contributed by atoms with Crippen LogP contribution in [0, 0.1) is 0 Å². The lowest BCUT2D eigenvalue weighted by Crippen LogP contribution is -2.44. The van der Waals surface area contributed by atoms with Crippen molar-refractivity contribution in [2.75, 3.05) is 6.54 Å². The maximum atomic E-state index is 12.3. The molecule has 3 N–H and O–H groups in total. The topological polar surface area (TPSA) is 79.2 Å². The molecule has 18 heavy (non-hydrogen) atoms. The summed E-state index contributed by atoms with van der Waals surface area (Å²) in [4.78, 5) is 27.9. The van der Waals surface area contributed by atoms with Crippen molar-refractivity contribution in [3.8, 4) is 0 Å². The third-order valence-electron chi connectivity index (χ3n) is 3.23. The van der Waals surface area contributed by atoms with E-state index in [1.807, 2.05) is 0 Å². The fraction of sp³-hybridized carbons (Fsp3) is 0.500. The van der Waals surface area contributed by atoms with E-state index in [0.29, 0.717) is 5.69 Å². The summed E-state index contributed by atoms with van der Waals surface area (Å²) in [5, 5.41) is 0. The van der Waals surface area contributed by atoms with E-state index in [0.717, 1.165) is 30.2 Å². The van der Waals surface area contributed by atoms with Crippen molar-refractivity contribution in [3.05, 3.63) is 22.4 Å². The Hall–Kier alpha value is -1.30. The van der Waals surface area contributed by atoms with Gasteiger partial charge in [-0.15, -0.1) is 0 Å². The van der Waals surface area contributed by atoms with Gasteiger partial charge in [0.15, 0.2) is 0 Å². The number of amides is 2. The lowest BCUT2D eigenvalue weighted by molar-refractivity contribution is -0.119. The van der Waals surface area contributed by atoms with E-state index >= 15 is 0 Å². The first-order valence-corrected chi connectivity index (χ1v) is 6.80. The Morgan fingerprint density at radius 2 is 2.11 bits per heavy atom. The predicted molar refractivity (Wildman–Crippen MR) is 71.0 cm³/mol. The van der Waals surface area contributed by atoms with E-state index in [-0.39, 0.29) is 18.5 Å². The highest BCUT2D eigenvalue weighted by Gasteiger charge is 2.29. The Labute approximate surface area is 114 Å². The normalized spacial score (nSPS) is 15.8. The number of nitrogens with two attached hydrogens (primary N) is 1. The molecule has 1 aliphatic rings. The van der Waals surface area contributed by atoms with E-state index in [4.69, 9.17) is 5.73 Å². The van der Waals surface area contributed by atoms with E-state index in [1.165, 1.54) is 0 Å². The molecule has 0 radical (unpaired) electrons. The number of primary amides is 1. The van der Waals surface area contributed by atoms with Gasteiger partial charge in [-0.25, -0.2) is 0 Å². The molecule has 1 aromatic rings. The lowest BCUT2D eigenvalue weighted by Gasteiger charge is -2.27. The Bertz CT molecular complexity index is 452. The molecule has 2 rings (SSSR count). The first-order chi connectivity index (χ1) is 8.58. The van der Waals surface area contributed by atoms with Crippen LogP contribution in [0.2, 0.25) is 0 Å². The second-order valence-electron chi connectivity index (χ2n) is 4.57. The van der Waals surface area contributed by atoms with Gasteiger partial charge in [-0.2, -0.15) is 0 Å². The molecular weight excluding hydrogens is 298 g/mol. The predicted octanol–water partition coefficient (Wildman–Crippen LogP) is 1.65. The van der Waals surface area contributed by atoms with E-state index in [2.05, 4.69) is 20.9 Å². The molecule has 0 unspecified atom stereocenters. The van der Waals surface area contributed by atoms with Crippen LogP contribution >= 0.6 is 15.9 Å². The molecule has 2 amide bonds. The van der Waals surface area contributed by atoms with Crippen molar-refractivity contribution in [2.24, 2.45) is 5.73 Å². The summed E-state index contributed by atoms with van der Waals surface area (Å²) in [6.45, 7) is -0.0138. The largest absolute Gasteiger partial charge is 0.368 e. The van der Waals surface area contributed by atoms with Crippen molar-refractivity contribution in [1.29, 1.82) is 0 Å². The molecule has 0 saturated heterocycles. The highest BCUT2D eigenvalue weighted by molar-refractivity contribution is 9.10. The van der Waals surface area contributed by atoms with Gasteiger partial charge in [-0.1, -0.05) is 12.8 Å². The summed E-state index contributed by atoms with van der Waals surface area (Å²) in [6, 6.07) is 1.85. The number of carbonyl (C=O) groups is 2. The highest BCUT2D eigenvalue weighted by Crippen LogP contribution is 2.25. The van der Waals surface area contributed by atoms with Gasteiger partial charge >= 0.3 is 0 Å². The molecule has 1 fully saturated rings. The van der Waals surface area contributed by atoms with Crippen molar-refractivity contribution in [1.82, 2.24) is 9.88 Å². The molecule has 0 spiro atoms. The van der Waals surface area contributed by atoms with Crippen molar-refractivity contribution >= 4 is 27.7 Å². The minimum Gasteiger partial charge on any atom is -0.368 e. The van der Waals surface area contributed by atoms with Crippen LogP contribution in [0.1, 0.15) is 36.2 Å². The fourth-order valence-corrected chi connectivity index (χ4v) is 2.74. The van der Waals surface area contributed by atoms with E-state index < -0.39 is 5.91 Å². The summed E-state index contributed by atoms with van der Waals surface area (Å²) in [5.74, 6) is -0.632. The first-order valence-electron chi connectivity index (χ1n) is 6.01. The fourth-order valence-electron chi connectivity index (χ4n) is 2.40. The highest BCUT2D eigenvalue weighted by atomic mass is 79.9. The van der Waals surface area contributed by atoms with Crippen LogP contribution in [0.25, 0.3) is 0 Å². The molecule has 1 aliphatic carbocycles. The summed E-state index contributed by atoms with van der Waals surface area (Å²) in [5.41, 5.74) is 5.71. The molecule has 5 nitrogen and oxygen atoms in total. The van der Waals surface area contributed by atoms with Crippen LogP contribution in [0.4, 0.5) is 0 Å².